The molecule has 1 fully saturated rings. The molecule has 1 aliphatic carbocycles. The van der Waals surface area contributed by atoms with E-state index in [1.807, 2.05) is 0 Å². The van der Waals surface area contributed by atoms with E-state index < -0.39 is 0 Å². The first-order valence-electron chi connectivity index (χ1n) is 5.84. The molecule has 0 spiro atoms. The van der Waals surface area contributed by atoms with Crippen molar-refractivity contribution in [1.82, 2.24) is 0 Å². The maximum Gasteiger partial charge on any atom is 0.0468 e. The number of hydrogen-bond acceptors (Lipinski definition) is 1. The zero-order valence-electron chi connectivity index (χ0n) is 9.48. The van der Waals surface area contributed by atoms with Crippen LogP contribution < -0.4 is 0 Å². The highest BCUT2D eigenvalue weighted by Gasteiger charge is 2.50. The van der Waals surface area contributed by atoms with Crippen molar-refractivity contribution in [1.29, 1.82) is 0 Å². The highest BCUT2D eigenvalue weighted by molar-refractivity contribution is 5.83. The van der Waals surface area contributed by atoms with Crippen LogP contribution in [0, 0.1) is 5.92 Å². The Balaban J connectivity index is 2.06. The number of rotatable bonds is 2. The summed E-state index contributed by atoms with van der Waals surface area (Å²) in [5.74, 6) is 0.452. The van der Waals surface area contributed by atoms with Gasteiger partial charge in [0.25, 0.3) is 0 Å². The predicted molar refractivity (Wildman–Crippen MR) is 66.5 cm³/mol. The van der Waals surface area contributed by atoms with Crippen molar-refractivity contribution in [2.24, 2.45) is 5.92 Å². The lowest BCUT2D eigenvalue weighted by Crippen LogP contribution is -2.06. The molecule has 0 aromatic heterocycles. The summed E-state index contributed by atoms with van der Waals surface area (Å²) in [5.41, 5.74) is 1.57. The van der Waals surface area contributed by atoms with Crippen LogP contribution in [0.4, 0.5) is 0 Å². The lowest BCUT2D eigenvalue weighted by molar-refractivity contribution is 0.265. The lowest BCUT2D eigenvalue weighted by Gasteiger charge is -2.12. The number of aliphatic hydroxyl groups excluding tert-OH is 1. The summed E-state index contributed by atoms with van der Waals surface area (Å²) in [6, 6.07) is 15.1. The molecule has 1 unspecified atom stereocenters. The Morgan fingerprint density at radius 3 is 2.62 bits per heavy atom. The van der Waals surface area contributed by atoms with Gasteiger partial charge in [-0.05, 0) is 34.1 Å². The van der Waals surface area contributed by atoms with E-state index in [1.165, 1.54) is 16.3 Å². The van der Waals surface area contributed by atoms with E-state index in [1.54, 1.807) is 0 Å². The Kier molecular flexibility index (Phi) is 2.05. The summed E-state index contributed by atoms with van der Waals surface area (Å²) in [4.78, 5) is 0. The van der Waals surface area contributed by atoms with Crippen LogP contribution in [-0.2, 0) is 5.41 Å². The fourth-order valence-corrected chi connectivity index (χ4v) is 2.62. The smallest absolute Gasteiger partial charge is 0.0468 e. The number of aliphatic hydroxyl groups is 1. The third kappa shape index (κ3) is 1.35. The zero-order chi connectivity index (χ0) is 11.2. The van der Waals surface area contributed by atoms with Crippen molar-refractivity contribution < 1.29 is 5.11 Å². The molecule has 2 aromatic carbocycles. The van der Waals surface area contributed by atoms with E-state index in [2.05, 4.69) is 49.4 Å². The average molecular weight is 212 g/mol. The summed E-state index contributed by atoms with van der Waals surface area (Å²) < 4.78 is 0. The molecule has 0 aliphatic heterocycles. The molecular formula is C15H16O. The Bertz CT molecular complexity index is 532. The molecule has 0 radical (unpaired) electrons. The standard InChI is InChI=1S/C15H16O/c1-15(9-14(15)10-16)13-7-6-11-4-2-3-5-12(11)8-13/h2-8,14,16H,9-10H2,1H3/t14?,15-/m1/s1. The first-order valence-corrected chi connectivity index (χ1v) is 5.84. The minimum Gasteiger partial charge on any atom is -0.396 e. The fraction of sp³-hybridized carbons (Fsp3) is 0.333. The van der Waals surface area contributed by atoms with Crippen molar-refractivity contribution in [2.75, 3.05) is 6.61 Å². The van der Waals surface area contributed by atoms with E-state index in [9.17, 15) is 5.11 Å². The molecule has 1 aliphatic rings. The van der Waals surface area contributed by atoms with Crippen LogP contribution in [0.3, 0.4) is 0 Å². The van der Waals surface area contributed by atoms with Crippen LogP contribution in [0.15, 0.2) is 42.5 Å². The van der Waals surface area contributed by atoms with Crippen LogP contribution in [-0.4, -0.2) is 11.7 Å². The molecule has 1 N–H and O–H groups in total. The molecule has 1 nitrogen and oxygen atoms in total. The normalized spacial score (nSPS) is 28.2. The van der Waals surface area contributed by atoms with Gasteiger partial charge in [-0.1, -0.05) is 49.4 Å². The first-order chi connectivity index (χ1) is 7.74. The maximum absolute atomic E-state index is 9.22. The van der Waals surface area contributed by atoms with E-state index in [0.717, 1.165) is 6.42 Å². The van der Waals surface area contributed by atoms with Gasteiger partial charge >= 0.3 is 0 Å². The number of benzene rings is 2. The third-order valence-electron chi connectivity index (χ3n) is 4.04. The summed E-state index contributed by atoms with van der Waals surface area (Å²) in [5, 5.41) is 11.8. The average Bonchev–Trinajstić information content (AvgIpc) is 3.01. The molecule has 0 saturated heterocycles. The highest BCUT2D eigenvalue weighted by atomic mass is 16.3. The van der Waals surface area contributed by atoms with Crippen molar-refractivity contribution in [3.8, 4) is 0 Å². The molecule has 1 heteroatoms. The zero-order valence-corrected chi connectivity index (χ0v) is 9.48. The molecule has 0 heterocycles. The molecule has 0 amide bonds. The molecule has 2 atom stereocenters. The van der Waals surface area contributed by atoms with E-state index >= 15 is 0 Å². The predicted octanol–water partition coefficient (Wildman–Crippen LogP) is 3.11. The highest BCUT2D eigenvalue weighted by Crippen LogP contribution is 2.53. The van der Waals surface area contributed by atoms with Gasteiger partial charge in [-0.2, -0.15) is 0 Å². The monoisotopic (exact) mass is 212 g/mol. The maximum atomic E-state index is 9.22. The fourth-order valence-electron chi connectivity index (χ4n) is 2.62. The number of hydrogen-bond donors (Lipinski definition) is 1. The van der Waals surface area contributed by atoms with E-state index in [0.29, 0.717) is 12.5 Å². The lowest BCUT2D eigenvalue weighted by atomic mass is 9.93. The molecule has 82 valence electrons. The minimum atomic E-state index is 0.207. The SMILES string of the molecule is C[C@]1(c2ccc3ccccc3c2)CC1CO. The van der Waals surface area contributed by atoms with Gasteiger partial charge in [0.15, 0.2) is 0 Å². The van der Waals surface area contributed by atoms with E-state index in [-0.39, 0.29) is 5.41 Å². The van der Waals surface area contributed by atoms with Gasteiger partial charge in [0, 0.05) is 6.61 Å². The van der Waals surface area contributed by atoms with E-state index in [4.69, 9.17) is 0 Å². The Morgan fingerprint density at radius 2 is 1.94 bits per heavy atom. The molecule has 16 heavy (non-hydrogen) atoms. The molecule has 2 aromatic rings. The second kappa shape index (κ2) is 3.33. The van der Waals surface area contributed by atoms with Crippen molar-refractivity contribution in [2.45, 2.75) is 18.8 Å². The summed E-state index contributed by atoms with van der Waals surface area (Å²) in [6.45, 7) is 2.56. The largest absolute Gasteiger partial charge is 0.396 e. The molecule has 1 saturated carbocycles. The van der Waals surface area contributed by atoms with Gasteiger partial charge in [0.1, 0.15) is 0 Å². The van der Waals surface area contributed by atoms with Crippen molar-refractivity contribution in [3.63, 3.8) is 0 Å². The summed E-state index contributed by atoms with van der Waals surface area (Å²) in [6.07, 6.45) is 1.11. The number of fused-ring (bicyclic) bond motifs is 1. The van der Waals surface area contributed by atoms with Gasteiger partial charge in [-0.25, -0.2) is 0 Å². The van der Waals surface area contributed by atoms with Crippen LogP contribution in [0.1, 0.15) is 18.9 Å². The minimum absolute atomic E-state index is 0.207. The second-order valence-corrected chi connectivity index (χ2v) is 5.06. The quantitative estimate of drug-likeness (QED) is 0.811. The summed E-state index contributed by atoms with van der Waals surface area (Å²) in [7, 11) is 0. The van der Waals surface area contributed by atoms with Crippen LogP contribution >= 0.6 is 0 Å². The van der Waals surface area contributed by atoms with Gasteiger partial charge in [0.05, 0.1) is 0 Å². The van der Waals surface area contributed by atoms with Gasteiger partial charge in [0.2, 0.25) is 0 Å². The first kappa shape index (κ1) is 9.86. The summed E-state index contributed by atoms with van der Waals surface area (Å²) >= 11 is 0. The molecule has 0 bridgehead atoms. The van der Waals surface area contributed by atoms with Gasteiger partial charge in [-0.3, -0.25) is 0 Å². The molecule has 3 rings (SSSR count). The Labute approximate surface area is 95.7 Å². The Morgan fingerprint density at radius 1 is 1.19 bits per heavy atom. The van der Waals surface area contributed by atoms with Crippen LogP contribution in [0.25, 0.3) is 10.8 Å². The topological polar surface area (TPSA) is 20.2 Å². The third-order valence-corrected chi connectivity index (χ3v) is 4.04. The van der Waals surface area contributed by atoms with Crippen molar-refractivity contribution in [3.05, 3.63) is 48.0 Å². The van der Waals surface area contributed by atoms with Crippen LogP contribution in [0.5, 0.6) is 0 Å². The Hall–Kier alpha value is -1.34. The second-order valence-electron chi connectivity index (χ2n) is 5.06. The van der Waals surface area contributed by atoms with Crippen LogP contribution in [0.2, 0.25) is 0 Å². The van der Waals surface area contributed by atoms with Crippen molar-refractivity contribution >= 4 is 10.8 Å². The van der Waals surface area contributed by atoms with Gasteiger partial charge < -0.3 is 5.11 Å². The van der Waals surface area contributed by atoms with Gasteiger partial charge in [-0.15, -0.1) is 0 Å². The molecular weight excluding hydrogens is 196 g/mol.